The van der Waals surface area contributed by atoms with E-state index < -0.39 is 0 Å². The van der Waals surface area contributed by atoms with E-state index in [-0.39, 0.29) is 11.2 Å². The molecule has 0 aliphatic rings. The first-order chi connectivity index (χ1) is 7.97. The van der Waals surface area contributed by atoms with Crippen LogP contribution in [0.1, 0.15) is 20.8 Å². The van der Waals surface area contributed by atoms with Crippen molar-refractivity contribution in [1.82, 2.24) is 15.0 Å². The Morgan fingerprint density at radius 1 is 1.47 bits per heavy atom. The number of ketones is 1. The molecule has 0 saturated heterocycles. The van der Waals surface area contributed by atoms with Crippen LogP contribution in [-0.2, 0) is 4.79 Å². The third-order valence-corrected chi connectivity index (χ3v) is 3.29. The lowest BCUT2D eigenvalue weighted by atomic mass is 9.92. The second-order valence-electron chi connectivity index (χ2n) is 4.88. The number of thioether (sulfide) groups is 1. The van der Waals surface area contributed by atoms with Gasteiger partial charge in [0.25, 0.3) is 0 Å². The van der Waals surface area contributed by atoms with Crippen LogP contribution in [0.3, 0.4) is 0 Å². The highest BCUT2D eigenvalue weighted by Gasteiger charge is 2.21. The fourth-order valence-electron chi connectivity index (χ4n) is 1.24. The third kappa shape index (κ3) is 2.85. The molecule has 0 unspecified atom stereocenters. The molecule has 0 aliphatic heterocycles. The first-order valence-electron chi connectivity index (χ1n) is 5.43. The van der Waals surface area contributed by atoms with Crippen molar-refractivity contribution < 1.29 is 4.79 Å². The molecule has 0 saturated carbocycles. The average Bonchev–Trinajstić information content (AvgIpc) is 2.66. The topological polar surface area (TPSA) is 58.6 Å². The lowest BCUT2D eigenvalue weighted by molar-refractivity contribution is -0.123. The lowest BCUT2D eigenvalue weighted by Crippen LogP contribution is -2.22. The summed E-state index contributed by atoms with van der Waals surface area (Å²) in [5, 5.41) is 0.747. The van der Waals surface area contributed by atoms with Crippen LogP contribution < -0.4 is 0 Å². The number of nitrogens with zero attached hydrogens (tertiary/aromatic N) is 2. The molecule has 2 aromatic heterocycles. The number of imidazole rings is 1. The molecule has 90 valence electrons. The van der Waals surface area contributed by atoms with E-state index in [1.165, 1.54) is 11.8 Å². The first-order valence-corrected chi connectivity index (χ1v) is 6.42. The zero-order chi connectivity index (χ0) is 12.5. The first kappa shape index (κ1) is 12.1. The SMILES string of the molecule is CC(C)(C)C(=O)CSc1nc2ncccc2[nH]1. The Balaban J connectivity index is 2.07. The summed E-state index contributed by atoms with van der Waals surface area (Å²) in [7, 11) is 0. The second kappa shape index (κ2) is 4.49. The van der Waals surface area contributed by atoms with Gasteiger partial charge in [0.1, 0.15) is 5.78 Å². The quantitative estimate of drug-likeness (QED) is 0.850. The van der Waals surface area contributed by atoms with Crippen LogP contribution in [0.2, 0.25) is 0 Å². The van der Waals surface area contributed by atoms with Gasteiger partial charge in [-0.25, -0.2) is 9.97 Å². The van der Waals surface area contributed by atoms with Crippen molar-refractivity contribution in [1.29, 1.82) is 0 Å². The van der Waals surface area contributed by atoms with Crippen molar-refractivity contribution in [2.75, 3.05) is 5.75 Å². The van der Waals surface area contributed by atoms with Crippen LogP contribution in [-0.4, -0.2) is 26.5 Å². The molecule has 0 fully saturated rings. The summed E-state index contributed by atoms with van der Waals surface area (Å²) in [5.74, 6) is 0.652. The van der Waals surface area contributed by atoms with E-state index in [0.717, 1.165) is 10.7 Å². The minimum atomic E-state index is -0.294. The molecular weight excluding hydrogens is 234 g/mol. The number of hydrogen-bond donors (Lipinski definition) is 1. The Labute approximate surface area is 104 Å². The number of rotatable bonds is 3. The van der Waals surface area contributed by atoms with Crippen molar-refractivity contribution in [2.45, 2.75) is 25.9 Å². The third-order valence-electron chi connectivity index (χ3n) is 2.41. The van der Waals surface area contributed by atoms with Crippen LogP contribution in [0.15, 0.2) is 23.5 Å². The molecule has 4 nitrogen and oxygen atoms in total. The van der Waals surface area contributed by atoms with E-state index in [2.05, 4.69) is 15.0 Å². The normalized spacial score (nSPS) is 11.9. The van der Waals surface area contributed by atoms with Crippen LogP contribution in [0.25, 0.3) is 11.2 Å². The standard InChI is InChI=1S/C12H15N3OS/c1-12(2,3)9(16)7-17-11-14-8-5-4-6-13-10(8)15-11/h4-6H,7H2,1-3H3,(H,13,14,15). The predicted octanol–water partition coefficient (Wildman–Crippen LogP) is 2.67. The lowest BCUT2D eigenvalue weighted by Gasteiger charge is -2.15. The van der Waals surface area contributed by atoms with E-state index in [1.807, 2.05) is 32.9 Å². The van der Waals surface area contributed by atoms with Gasteiger partial charge >= 0.3 is 0 Å². The molecule has 0 radical (unpaired) electrons. The van der Waals surface area contributed by atoms with Gasteiger partial charge in [0, 0.05) is 11.6 Å². The van der Waals surface area contributed by atoms with Crippen LogP contribution >= 0.6 is 11.8 Å². The molecule has 0 spiro atoms. The zero-order valence-electron chi connectivity index (χ0n) is 10.2. The van der Waals surface area contributed by atoms with Gasteiger partial charge in [-0.15, -0.1) is 0 Å². The molecule has 0 bridgehead atoms. The Morgan fingerprint density at radius 2 is 2.24 bits per heavy atom. The average molecular weight is 249 g/mol. The molecular formula is C12H15N3OS. The fraction of sp³-hybridized carbons (Fsp3) is 0.417. The monoisotopic (exact) mass is 249 g/mol. The van der Waals surface area contributed by atoms with Crippen LogP contribution in [0.4, 0.5) is 0 Å². The number of aromatic amines is 1. The summed E-state index contributed by atoms with van der Waals surface area (Å²) < 4.78 is 0. The molecule has 2 aromatic rings. The van der Waals surface area contributed by atoms with Crippen LogP contribution in [0, 0.1) is 5.41 Å². The van der Waals surface area contributed by atoms with E-state index >= 15 is 0 Å². The van der Waals surface area contributed by atoms with Crippen molar-refractivity contribution in [3.63, 3.8) is 0 Å². The van der Waals surface area contributed by atoms with E-state index in [1.54, 1.807) is 6.20 Å². The maximum Gasteiger partial charge on any atom is 0.178 e. The van der Waals surface area contributed by atoms with E-state index in [9.17, 15) is 4.79 Å². The maximum absolute atomic E-state index is 11.8. The summed E-state index contributed by atoms with van der Waals surface area (Å²) in [5.41, 5.74) is 1.30. The summed E-state index contributed by atoms with van der Waals surface area (Å²) in [6.07, 6.45) is 1.71. The Hall–Kier alpha value is -1.36. The minimum Gasteiger partial charge on any atom is -0.332 e. The highest BCUT2D eigenvalue weighted by atomic mass is 32.2. The van der Waals surface area contributed by atoms with Crippen molar-refractivity contribution in [2.24, 2.45) is 5.41 Å². The number of aromatic nitrogens is 3. The molecule has 2 rings (SSSR count). The summed E-state index contributed by atoms with van der Waals surface area (Å²) in [6, 6.07) is 3.78. The zero-order valence-corrected chi connectivity index (χ0v) is 11.0. The molecule has 5 heteroatoms. The Morgan fingerprint density at radius 3 is 2.88 bits per heavy atom. The van der Waals surface area contributed by atoms with Gasteiger partial charge in [-0.05, 0) is 12.1 Å². The van der Waals surface area contributed by atoms with Gasteiger partial charge in [0.15, 0.2) is 10.8 Å². The number of pyridine rings is 1. The van der Waals surface area contributed by atoms with Gasteiger partial charge in [0.2, 0.25) is 0 Å². The van der Waals surface area contributed by atoms with Gasteiger partial charge < -0.3 is 4.98 Å². The van der Waals surface area contributed by atoms with Crippen molar-refractivity contribution in [3.8, 4) is 0 Å². The molecule has 0 amide bonds. The molecule has 17 heavy (non-hydrogen) atoms. The number of hydrogen-bond acceptors (Lipinski definition) is 4. The van der Waals surface area contributed by atoms with Crippen molar-refractivity contribution >= 4 is 28.7 Å². The summed E-state index contributed by atoms with van der Waals surface area (Å²) in [4.78, 5) is 23.4. The molecule has 0 aliphatic carbocycles. The van der Waals surface area contributed by atoms with Gasteiger partial charge in [-0.3, -0.25) is 4.79 Å². The highest BCUT2D eigenvalue weighted by molar-refractivity contribution is 7.99. The summed E-state index contributed by atoms with van der Waals surface area (Å²) >= 11 is 1.42. The number of nitrogens with one attached hydrogen (secondary N) is 1. The molecule has 0 aromatic carbocycles. The largest absolute Gasteiger partial charge is 0.332 e. The predicted molar refractivity (Wildman–Crippen MR) is 69.1 cm³/mol. The van der Waals surface area contributed by atoms with E-state index in [4.69, 9.17) is 0 Å². The minimum absolute atomic E-state index is 0.218. The summed E-state index contributed by atoms with van der Waals surface area (Å²) in [6.45, 7) is 5.78. The van der Waals surface area contributed by atoms with Crippen molar-refractivity contribution in [3.05, 3.63) is 18.3 Å². The number of carbonyl (C=O) groups is 1. The second-order valence-corrected chi connectivity index (χ2v) is 5.84. The highest BCUT2D eigenvalue weighted by Crippen LogP contribution is 2.22. The van der Waals surface area contributed by atoms with E-state index in [0.29, 0.717) is 11.4 Å². The number of Topliss-reactive ketones (excluding diaryl/α,β-unsaturated/α-hetero) is 1. The fourth-order valence-corrected chi connectivity index (χ4v) is 2.28. The molecule has 1 N–H and O–H groups in total. The van der Waals surface area contributed by atoms with Crippen LogP contribution in [0.5, 0.6) is 0 Å². The van der Waals surface area contributed by atoms with Gasteiger partial charge in [0.05, 0.1) is 11.3 Å². The van der Waals surface area contributed by atoms with Gasteiger partial charge in [-0.2, -0.15) is 0 Å². The maximum atomic E-state index is 11.8. The van der Waals surface area contributed by atoms with Gasteiger partial charge in [-0.1, -0.05) is 32.5 Å². The number of carbonyl (C=O) groups excluding carboxylic acids is 1. The number of H-pyrrole nitrogens is 1. The molecule has 0 atom stereocenters. The smallest absolute Gasteiger partial charge is 0.178 e. The molecule has 2 heterocycles. The number of fused-ring (bicyclic) bond motifs is 1. The Bertz CT molecular complexity index is 509. The Kier molecular flexibility index (Phi) is 3.19.